The number of aliphatic hydroxyl groups is 2. The molecule has 38 heavy (non-hydrogen) atoms. The average Bonchev–Trinajstić information content (AvgIpc) is 3.09. The van der Waals surface area contributed by atoms with Crippen molar-refractivity contribution in [3.63, 3.8) is 0 Å². The van der Waals surface area contributed by atoms with E-state index in [1.165, 1.54) is 18.0 Å². The minimum atomic E-state index is -3.61. The Bertz CT molecular complexity index is 1180. The van der Waals surface area contributed by atoms with Crippen molar-refractivity contribution in [2.24, 2.45) is 5.11 Å². The van der Waals surface area contributed by atoms with Gasteiger partial charge >= 0.3 is 12.6 Å². The quantitative estimate of drug-likeness (QED) is 0.100. The van der Waals surface area contributed by atoms with E-state index < -0.39 is 55.3 Å². The van der Waals surface area contributed by atoms with Gasteiger partial charge in [0, 0.05) is 17.2 Å². The van der Waals surface area contributed by atoms with Gasteiger partial charge in [-0.2, -0.15) is 0 Å². The average molecular weight is 569 g/mol. The molecule has 1 aromatic rings. The first-order chi connectivity index (χ1) is 17.9. The number of carbonyl (C=O) groups excluding carboxylic acids is 2. The summed E-state index contributed by atoms with van der Waals surface area (Å²) in [6, 6.07) is 7.45. The van der Waals surface area contributed by atoms with Gasteiger partial charge in [0.2, 0.25) is 5.72 Å². The number of esters is 1. The largest absolute Gasteiger partial charge is 0.462 e. The van der Waals surface area contributed by atoms with Crippen LogP contribution in [0, 0.1) is 0 Å². The van der Waals surface area contributed by atoms with Gasteiger partial charge in [-0.25, -0.2) is 5.09 Å². The molecule has 0 saturated carbocycles. The maximum absolute atomic E-state index is 12.4. The first kappa shape index (κ1) is 29.6. The fourth-order valence-corrected chi connectivity index (χ4v) is 5.94. The van der Waals surface area contributed by atoms with Crippen LogP contribution in [0.1, 0.15) is 20.8 Å². The number of nitrogens with one attached hydrogen (secondary N) is 2. The van der Waals surface area contributed by atoms with Gasteiger partial charge in [-0.05, 0) is 50.2 Å². The Hall–Kier alpha value is -3.00. The van der Waals surface area contributed by atoms with Crippen molar-refractivity contribution < 1.29 is 38.3 Å². The fraction of sp³-hybridized carbons (Fsp3) is 0.455. The maximum Gasteiger partial charge on any atom is 0.323 e. The van der Waals surface area contributed by atoms with Crippen molar-refractivity contribution in [2.45, 2.75) is 57.1 Å². The van der Waals surface area contributed by atoms with E-state index in [-0.39, 0.29) is 11.9 Å². The van der Waals surface area contributed by atoms with Gasteiger partial charge in [-0.3, -0.25) is 9.59 Å². The van der Waals surface area contributed by atoms with Crippen LogP contribution in [0.25, 0.3) is 10.4 Å². The van der Waals surface area contributed by atoms with E-state index >= 15 is 0 Å². The summed E-state index contributed by atoms with van der Waals surface area (Å²) in [6.45, 7) is 4.31. The van der Waals surface area contributed by atoms with E-state index in [0.717, 1.165) is 6.08 Å². The monoisotopic (exact) mass is 568 g/mol. The van der Waals surface area contributed by atoms with Crippen molar-refractivity contribution in [1.29, 1.82) is 0 Å². The third-order valence-corrected chi connectivity index (χ3v) is 7.80. The second-order valence-corrected chi connectivity index (χ2v) is 11.8. The number of amides is 1. The van der Waals surface area contributed by atoms with E-state index in [1.54, 1.807) is 44.2 Å². The minimum Gasteiger partial charge on any atom is -0.462 e. The van der Waals surface area contributed by atoms with Crippen molar-refractivity contribution in [3.05, 3.63) is 65.5 Å². The first-order valence-corrected chi connectivity index (χ1v) is 14.1. The van der Waals surface area contributed by atoms with Crippen LogP contribution in [0.15, 0.2) is 60.1 Å². The number of rotatable bonds is 11. The lowest BCUT2D eigenvalue weighted by atomic mass is 10.1. The van der Waals surface area contributed by atoms with Crippen LogP contribution in [0.5, 0.6) is 5.75 Å². The molecular formula is C22H29N6O8PS. The Morgan fingerprint density at radius 2 is 2.08 bits per heavy atom. The molecule has 1 aromatic carbocycles. The molecule has 2 aliphatic heterocycles. The standard InChI is InChI=1S/C22H29N6O8PS/c1-13(2)34-21(32)14(3)25-37(38,36-16-8-6-5-7-9-16)33-12-22(26-27-23)19(31)18(30)20(35-22)28-11-10-17(29)24-15(28)4/h5-11,13-14,18-20,30-31H,4,12H2,1-3H3,(H,24,29)(H,25,38)/t14?,18?,19?,20-,22-,37?/m1/s1. The van der Waals surface area contributed by atoms with Gasteiger partial charge in [-0.1, -0.05) is 29.9 Å². The summed E-state index contributed by atoms with van der Waals surface area (Å²) >= 11 is 5.65. The molecule has 0 bridgehead atoms. The normalized spacial score (nSPS) is 27.3. The smallest absolute Gasteiger partial charge is 0.323 e. The van der Waals surface area contributed by atoms with Crippen LogP contribution in [0.3, 0.4) is 0 Å². The Morgan fingerprint density at radius 1 is 1.39 bits per heavy atom. The second-order valence-electron chi connectivity index (χ2n) is 8.65. The zero-order valence-corrected chi connectivity index (χ0v) is 22.5. The molecule has 1 saturated heterocycles. The lowest BCUT2D eigenvalue weighted by Crippen LogP contribution is -2.46. The number of aliphatic hydroxyl groups excluding tert-OH is 2. The summed E-state index contributed by atoms with van der Waals surface area (Å²) < 4.78 is 22.8. The highest BCUT2D eigenvalue weighted by Crippen LogP contribution is 2.48. The third kappa shape index (κ3) is 6.90. The van der Waals surface area contributed by atoms with Crippen LogP contribution in [0.2, 0.25) is 0 Å². The van der Waals surface area contributed by atoms with Crippen LogP contribution in [-0.4, -0.2) is 69.9 Å². The van der Waals surface area contributed by atoms with Gasteiger partial charge in [0.15, 0.2) is 6.23 Å². The predicted molar refractivity (Wildman–Crippen MR) is 138 cm³/mol. The molecule has 4 N–H and O–H groups in total. The molecule has 0 aromatic heterocycles. The van der Waals surface area contributed by atoms with Crippen molar-refractivity contribution in [2.75, 3.05) is 6.61 Å². The van der Waals surface area contributed by atoms with Gasteiger partial charge < -0.3 is 39.0 Å². The molecule has 6 atom stereocenters. The van der Waals surface area contributed by atoms with E-state index in [9.17, 15) is 25.3 Å². The summed E-state index contributed by atoms with van der Waals surface area (Å²) in [7, 11) is 0. The zero-order valence-electron chi connectivity index (χ0n) is 20.8. The molecule has 0 radical (unpaired) electrons. The van der Waals surface area contributed by atoms with E-state index in [4.69, 9.17) is 30.3 Å². The molecule has 1 amide bonds. The Kier molecular flexibility index (Phi) is 9.52. The second kappa shape index (κ2) is 12.2. The molecule has 2 aliphatic rings. The lowest BCUT2D eigenvalue weighted by molar-refractivity contribution is -0.149. The Labute approximate surface area is 224 Å². The number of carbonyl (C=O) groups is 2. The highest BCUT2D eigenvalue weighted by Gasteiger charge is 2.57. The molecular weight excluding hydrogens is 539 g/mol. The number of nitrogens with zero attached hydrogens (tertiary/aromatic N) is 4. The number of para-hydroxylation sites is 1. The highest BCUT2D eigenvalue weighted by atomic mass is 32.5. The fourth-order valence-electron chi connectivity index (χ4n) is 3.54. The molecule has 3 rings (SSSR count). The topological polar surface area (TPSA) is 188 Å². The maximum atomic E-state index is 12.4. The van der Waals surface area contributed by atoms with Crippen molar-refractivity contribution in [1.82, 2.24) is 15.3 Å². The summed E-state index contributed by atoms with van der Waals surface area (Å²) in [6.07, 6.45) is -2.65. The number of hydrogen-bond acceptors (Lipinski definition) is 11. The van der Waals surface area contributed by atoms with Gasteiger partial charge in [-0.15, -0.1) is 0 Å². The van der Waals surface area contributed by atoms with Crippen molar-refractivity contribution in [3.8, 4) is 5.75 Å². The minimum absolute atomic E-state index is 0.0584. The lowest BCUT2D eigenvalue weighted by Gasteiger charge is -2.34. The summed E-state index contributed by atoms with van der Waals surface area (Å²) in [4.78, 5) is 28.0. The molecule has 16 heteroatoms. The molecule has 14 nitrogen and oxygen atoms in total. The SMILES string of the molecule is C=C1NC(=O)C=CN1[C@@H]1O[C@@](COP(=S)(NC(C)C(=O)OC(C)C)Oc2ccccc2)(N=[N+]=[N-])C(O)C1O. The van der Waals surface area contributed by atoms with Crippen LogP contribution < -0.4 is 14.9 Å². The number of azide groups is 1. The van der Waals surface area contributed by atoms with Crippen LogP contribution in [-0.2, 0) is 35.4 Å². The summed E-state index contributed by atoms with van der Waals surface area (Å²) in [5, 5.41) is 30.5. The van der Waals surface area contributed by atoms with Crippen molar-refractivity contribution >= 4 is 30.3 Å². The number of benzene rings is 1. The molecule has 4 unspecified atom stereocenters. The van der Waals surface area contributed by atoms with Crippen LogP contribution >= 0.6 is 6.64 Å². The van der Waals surface area contributed by atoms with E-state index in [2.05, 4.69) is 27.0 Å². The zero-order chi connectivity index (χ0) is 28.1. The van der Waals surface area contributed by atoms with E-state index in [0.29, 0.717) is 5.75 Å². The molecule has 0 spiro atoms. The molecule has 206 valence electrons. The summed E-state index contributed by atoms with van der Waals surface area (Å²) in [5.41, 5.74) is 7.08. The van der Waals surface area contributed by atoms with Gasteiger partial charge in [0.1, 0.15) is 29.8 Å². The molecule has 1 fully saturated rings. The Balaban J connectivity index is 1.87. The third-order valence-electron chi connectivity index (χ3n) is 5.32. The number of ether oxygens (including phenoxy) is 2. The molecule has 2 heterocycles. The first-order valence-electron chi connectivity index (χ1n) is 11.4. The highest BCUT2D eigenvalue weighted by molar-refractivity contribution is 8.09. The summed E-state index contributed by atoms with van der Waals surface area (Å²) in [5.74, 6) is -0.673. The molecule has 0 aliphatic carbocycles. The van der Waals surface area contributed by atoms with Gasteiger partial charge in [0.05, 0.1) is 12.7 Å². The number of hydrogen-bond donors (Lipinski definition) is 4. The van der Waals surface area contributed by atoms with Crippen LogP contribution in [0.4, 0.5) is 0 Å². The van der Waals surface area contributed by atoms with Gasteiger partial charge in [0.25, 0.3) is 5.91 Å². The Morgan fingerprint density at radius 3 is 2.68 bits per heavy atom. The predicted octanol–water partition coefficient (Wildman–Crippen LogP) is 1.74. The van der Waals surface area contributed by atoms with E-state index in [1.807, 2.05) is 0 Å².